The zero-order valence-corrected chi connectivity index (χ0v) is 69.4. The van der Waals surface area contributed by atoms with Crippen molar-refractivity contribution in [2.24, 2.45) is 0 Å². The number of alkyl halides is 3. The van der Waals surface area contributed by atoms with E-state index in [-0.39, 0.29) is 34.7 Å². The van der Waals surface area contributed by atoms with Crippen LogP contribution in [0.5, 0.6) is 17.2 Å². The zero-order valence-electron chi connectivity index (χ0n) is 63.9. The van der Waals surface area contributed by atoms with Crippen LogP contribution in [-0.4, -0.2) is 202 Å². The Kier molecular flexibility index (Phi) is 34.6. The molecule has 582 valence electrons. The van der Waals surface area contributed by atoms with Crippen molar-refractivity contribution in [3.63, 3.8) is 0 Å². The van der Waals surface area contributed by atoms with Gasteiger partial charge in [-0.2, -0.15) is 0 Å². The van der Waals surface area contributed by atoms with Gasteiger partial charge < -0.3 is 58.7 Å². The molecule has 26 heteroatoms. The number of likely N-dealkylation sites (tertiary alicyclic amines) is 3. The first-order chi connectivity index (χ1) is 50.7. The van der Waals surface area contributed by atoms with E-state index in [9.17, 15) is 24.0 Å². The summed E-state index contributed by atoms with van der Waals surface area (Å²) in [4.78, 5) is 84.4. The van der Waals surface area contributed by atoms with E-state index < -0.39 is 16.8 Å². The van der Waals surface area contributed by atoms with E-state index in [0.717, 1.165) is 153 Å². The summed E-state index contributed by atoms with van der Waals surface area (Å²) in [6.07, 6.45) is 13.3. The van der Waals surface area contributed by atoms with Crippen LogP contribution in [0.4, 0.5) is 14.4 Å². The molecule has 6 aliphatic heterocycles. The van der Waals surface area contributed by atoms with E-state index in [2.05, 4.69) is 74.8 Å². The SMILES string of the molecule is CC(C)(C)OC(=O)N1CCC(=O)C(Br)CC1.CC(C)(C)OC(=O)N1CCCC(=O)CC1.CC(C)(C)OC(=O)N1CCc2nc(-c3ccc(OCCCCl)cc3)sc2CC1.CC1CCCN1CCCOc1ccc(-c2nc3c(s2)CCNCC3)cc1.ClCCCOc1ccc(-c2nc3c(s2)CCNCC3)cc1. The molecule has 20 nitrogen and oxygen atoms in total. The van der Waals surface area contributed by atoms with Crippen molar-refractivity contribution in [2.75, 3.05) is 110 Å². The number of nitrogens with one attached hydrogen (secondary N) is 2. The predicted octanol–water partition coefficient (Wildman–Crippen LogP) is 16.7. The summed E-state index contributed by atoms with van der Waals surface area (Å²) in [5, 5.41) is 10.1. The summed E-state index contributed by atoms with van der Waals surface area (Å²) < 4.78 is 33.2. The number of hydrogen-bond donors (Lipinski definition) is 2. The molecule has 6 aliphatic rings. The van der Waals surface area contributed by atoms with Crippen LogP contribution >= 0.6 is 73.1 Å². The highest BCUT2D eigenvalue weighted by molar-refractivity contribution is 9.10. The van der Waals surface area contributed by atoms with Crippen molar-refractivity contribution in [2.45, 2.75) is 200 Å². The van der Waals surface area contributed by atoms with Gasteiger partial charge in [0.05, 0.1) is 41.7 Å². The Balaban J connectivity index is 0.000000171. The third-order valence-corrected chi connectivity index (χ3v) is 22.9. The number of aromatic nitrogens is 3. The number of carbonyl (C=O) groups excluding carboxylic acids is 5. The molecule has 0 bridgehead atoms. The predicted molar refractivity (Wildman–Crippen MR) is 432 cm³/mol. The molecule has 3 fully saturated rings. The molecule has 12 rings (SSSR count). The van der Waals surface area contributed by atoms with Crippen LogP contribution in [0.2, 0.25) is 0 Å². The van der Waals surface area contributed by atoms with E-state index in [1.807, 2.05) is 121 Å². The number of halogens is 3. The highest BCUT2D eigenvalue weighted by Gasteiger charge is 2.30. The molecule has 0 aliphatic carbocycles. The summed E-state index contributed by atoms with van der Waals surface area (Å²) in [6, 6.07) is 25.4. The summed E-state index contributed by atoms with van der Waals surface area (Å²) in [6.45, 7) is 31.2. The molecule has 0 spiro atoms. The first kappa shape index (κ1) is 85.6. The molecule has 0 radical (unpaired) electrons. The topological polar surface area (TPSA) is 216 Å². The van der Waals surface area contributed by atoms with Gasteiger partial charge in [0.2, 0.25) is 0 Å². The lowest BCUT2D eigenvalue weighted by atomic mass is 10.2. The monoisotopic (exact) mass is 1620 g/mol. The van der Waals surface area contributed by atoms with Crippen LogP contribution in [-0.2, 0) is 62.3 Å². The van der Waals surface area contributed by atoms with Crippen LogP contribution in [0.3, 0.4) is 0 Å². The van der Waals surface area contributed by atoms with Gasteiger partial charge in [-0.15, -0.1) is 57.2 Å². The van der Waals surface area contributed by atoms with Gasteiger partial charge in [0.25, 0.3) is 0 Å². The van der Waals surface area contributed by atoms with Crippen molar-refractivity contribution in [3.05, 3.63) is 105 Å². The molecule has 3 amide bonds. The fourth-order valence-electron chi connectivity index (χ4n) is 12.1. The van der Waals surface area contributed by atoms with Gasteiger partial charge in [-0.25, -0.2) is 29.3 Å². The average molecular weight is 1620 g/mol. The molecule has 0 saturated carbocycles. The minimum absolute atomic E-state index is 0.125. The van der Waals surface area contributed by atoms with Crippen molar-refractivity contribution in [3.8, 4) is 49.0 Å². The number of benzene rings is 3. The number of carbonyl (C=O) groups is 5. The van der Waals surface area contributed by atoms with Gasteiger partial charge >= 0.3 is 18.3 Å². The average Bonchev–Trinajstić information content (AvgIpc) is 1.69. The zero-order chi connectivity index (χ0) is 76.2. The van der Waals surface area contributed by atoms with Crippen LogP contribution in [0.25, 0.3) is 31.7 Å². The number of hydrogen-bond acceptors (Lipinski definition) is 20. The minimum Gasteiger partial charge on any atom is -0.494 e. The van der Waals surface area contributed by atoms with E-state index in [4.69, 9.17) is 66.6 Å². The smallest absolute Gasteiger partial charge is 0.410 e. The second-order valence-electron chi connectivity index (χ2n) is 30.0. The van der Waals surface area contributed by atoms with Crippen LogP contribution in [0.1, 0.15) is 165 Å². The standard InChI is InChI=1S/C21H27ClN2O3S.C21H29N3OS.C16H19ClN2OS.C11H18BrNO3.C11H19NO3/c1-21(2,3)27-20(25)24-12-9-17-18(10-13-24)28-19(23-17)15-5-7-16(8-6-15)26-14-4-11-22;1-16-4-2-13-24(16)14-3-15-25-18-7-5-17(6-8-18)21-23-19-9-11-22-12-10-20(19)26-21;17-8-1-11-20-13-4-2-12(3-5-13)16-19-14-6-9-18-10-7-15(14)21-16;1-11(2,3)16-10(15)13-6-4-8(12)9(14)5-7-13;1-11(2,3)15-10(14)12-7-4-5-9(13)6-8-12/h5-8H,4,9-14H2,1-3H3;5-8,16,22H,2-4,9-15H2,1H3;2-5,18H,1,6-11H2;8H,4-7H2,1-3H3;4-8H2,1-3H3. The maximum Gasteiger partial charge on any atom is 0.410 e. The summed E-state index contributed by atoms with van der Waals surface area (Å²) in [7, 11) is 0. The van der Waals surface area contributed by atoms with Gasteiger partial charge in [-0.3, -0.25) is 9.59 Å². The Morgan fingerprint density at radius 1 is 0.472 bits per heavy atom. The lowest BCUT2D eigenvalue weighted by molar-refractivity contribution is -0.119. The number of thiazole rings is 3. The summed E-state index contributed by atoms with van der Waals surface area (Å²) in [5.41, 5.74) is 5.68. The first-order valence-electron chi connectivity index (χ1n) is 37.7. The highest BCUT2D eigenvalue weighted by atomic mass is 79.9. The first-order valence-corrected chi connectivity index (χ1v) is 42.2. The molecular weight excluding hydrogens is 1510 g/mol. The molecule has 106 heavy (non-hydrogen) atoms. The summed E-state index contributed by atoms with van der Waals surface area (Å²) in [5.74, 6) is 4.34. The Bertz CT molecular complexity index is 3640. The Morgan fingerprint density at radius 3 is 1.29 bits per heavy atom. The number of fused-ring (bicyclic) bond motifs is 3. The van der Waals surface area contributed by atoms with Crippen LogP contribution < -0.4 is 24.8 Å². The third-order valence-electron chi connectivity index (χ3n) is 17.8. The van der Waals surface area contributed by atoms with Crippen molar-refractivity contribution < 1.29 is 52.4 Å². The maximum atomic E-state index is 12.3. The number of nitrogens with zero attached hydrogens (tertiary/aromatic N) is 7. The highest BCUT2D eigenvalue weighted by Crippen LogP contribution is 2.35. The minimum atomic E-state index is -0.485. The lowest BCUT2D eigenvalue weighted by Gasteiger charge is -2.26. The van der Waals surface area contributed by atoms with E-state index in [0.29, 0.717) is 89.9 Å². The van der Waals surface area contributed by atoms with Crippen LogP contribution in [0, 0.1) is 0 Å². The quantitative estimate of drug-likeness (QED) is 0.0523. The number of ether oxygens (including phenoxy) is 6. The van der Waals surface area contributed by atoms with Gasteiger partial charge in [-0.05, 0) is 206 Å². The second-order valence-corrected chi connectivity index (χ2v) is 35.1. The molecule has 3 saturated heterocycles. The summed E-state index contributed by atoms with van der Waals surface area (Å²) >= 11 is 20.0. The molecule has 2 unspecified atom stereocenters. The second kappa shape index (κ2) is 42.9. The van der Waals surface area contributed by atoms with Gasteiger partial charge in [0.15, 0.2) is 0 Å². The normalized spacial score (nSPS) is 17.8. The van der Waals surface area contributed by atoms with E-state index in [1.165, 1.54) is 56.5 Å². The molecule has 3 aromatic heterocycles. The Labute approximate surface area is 659 Å². The maximum absolute atomic E-state index is 12.3. The Hall–Kier alpha value is -5.96. The molecule has 2 N–H and O–H groups in total. The molecule has 3 aromatic carbocycles. The molecular formula is C80H112BrCl2N9O11S3. The molecule has 2 atom stereocenters. The van der Waals surface area contributed by atoms with E-state index in [1.54, 1.807) is 26.0 Å². The van der Waals surface area contributed by atoms with Crippen molar-refractivity contribution in [1.82, 2.24) is 45.2 Å². The fourth-order valence-corrected chi connectivity index (χ4v) is 16.1. The van der Waals surface area contributed by atoms with Crippen molar-refractivity contribution in [1.29, 1.82) is 0 Å². The van der Waals surface area contributed by atoms with Crippen molar-refractivity contribution >= 4 is 103 Å². The number of Topliss-reactive ketones (excluding diaryl/α,β-unsaturated/α-hetero) is 2. The van der Waals surface area contributed by atoms with Crippen LogP contribution in [0.15, 0.2) is 72.8 Å². The van der Waals surface area contributed by atoms with Gasteiger partial charge in [-0.1, -0.05) is 15.9 Å². The van der Waals surface area contributed by atoms with Gasteiger partial charge in [0.1, 0.15) is 60.6 Å². The number of ketones is 2. The van der Waals surface area contributed by atoms with E-state index >= 15 is 0 Å². The number of rotatable bonds is 16. The largest absolute Gasteiger partial charge is 0.494 e. The molecule has 6 aromatic rings. The fraction of sp³-hybridized carbons (Fsp3) is 0.600. The molecule has 9 heterocycles. The Morgan fingerprint density at radius 2 is 0.858 bits per heavy atom. The lowest BCUT2D eigenvalue weighted by Crippen LogP contribution is -2.38. The number of amides is 3. The third kappa shape index (κ3) is 29.5. The van der Waals surface area contributed by atoms with Gasteiger partial charge in [0, 0.05) is 166 Å².